The minimum absolute atomic E-state index is 0.575. The summed E-state index contributed by atoms with van der Waals surface area (Å²) in [6, 6.07) is 11.4. The Hall–Kier alpha value is -2.27. The van der Waals surface area contributed by atoms with Crippen LogP contribution in [0.3, 0.4) is 0 Å². The van der Waals surface area contributed by atoms with E-state index >= 15 is 0 Å². The van der Waals surface area contributed by atoms with E-state index in [1.54, 1.807) is 6.20 Å². The van der Waals surface area contributed by atoms with Gasteiger partial charge in [-0.2, -0.15) is 0 Å². The zero-order valence-corrected chi connectivity index (χ0v) is 15.5. The summed E-state index contributed by atoms with van der Waals surface area (Å²) >= 11 is 5.87. The molecule has 0 bridgehead atoms. The molecule has 6 heteroatoms. The van der Waals surface area contributed by atoms with Crippen molar-refractivity contribution in [2.75, 3.05) is 33.3 Å². The first-order valence-electron chi connectivity index (χ1n) is 8.45. The van der Waals surface area contributed by atoms with Crippen molar-refractivity contribution < 1.29 is 4.74 Å². The lowest BCUT2D eigenvalue weighted by molar-refractivity contribution is 0.281. The van der Waals surface area contributed by atoms with E-state index in [1.807, 2.05) is 43.6 Å². The second-order valence-corrected chi connectivity index (χ2v) is 6.01. The van der Waals surface area contributed by atoms with Crippen LogP contribution >= 0.6 is 11.6 Å². The quantitative estimate of drug-likeness (QED) is 0.580. The molecule has 0 aliphatic heterocycles. The second kappa shape index (κ2) is 10.6. The van der Waals surface area contributed by atoms with Crippen molar-refractivity contribution >= 4 is 17.6 Å². The predicted molar refractivity (Wildman–Crippen MR) is 103 cm³/mol. The first-order chi connectivity index (χ1) is 12.2. The Kier molecular flexibility index (Phi) is 8.05. The number of nitrogens with zero attached hydrogens (tertiary/aromatic N) is 3. The monoisotopic (exact) mass is 360 g/mol. The van der Waals surface area contributed by atoms with E-state index in [1.165, 1.54) is 5.56 Å². The number of halogens is 1. The fourth-order valence-electron chi connectivity index (χ4n) is 2.24. The topological polar surface area (TPSA) is 49.8 Å². The number of pyridine rings is 1. The fraction of sp³-hybridized carbons (Fsp3) is 0.368. The third kappa shape index (κ3) is 7.01. The van der Waals surface area contributed by atoms with E-state index in [0.29, 0.717) is 11.6 Å². The molecule has 1 N–H and O–H groups in total. The summed E-state index contributed by atoms with van der Waals surface area (Å²) in [4.78, 5) is 10.9. The van der Waals surface area contributed by atoms with E-state index in [9.17, 15) is 0 Å². The highest BCUT2D eigenvalue weighted by molar-refractivity contribution is 6.30. The van der Waals surface area contributed by atoms with Crippen LogP contribution in [0.25, 0.3) is 0 Å². The SMILES string of the molecule is CCNC(=NCCc1cccnc1)N(C)CCOc1ccc(Cl)cc1. The molecule has 0 aliphatic rings. The molecule has 0 radical (unpaired) electrons. The van der Waals surface area contributed by atoms with Crippen molar-refractivity contribution in [1.29, 1.82) is 0 Å². The van der Waals surface area contributed by atoms with Gasteiger partial charge in [0.25, 0.3) is 0 Å². The smallest absolute Gasteiger partial charge is 0.193 e. The molecule has 0 saturated carbocycles. The van der Waals surface area contributed by atoms with Gasteiger partial charge in [0.2, 0.25) is 0 Å². The third-order valence-electron chi connectivity index (χ3n) is 3.59. The van der Waals surface area contributed by atoms with Crippen LogP contribution < -0.4 is 10.1 Å². The number of rotatable bonds is 8. The van der Waals surface area contributed by atoms with Gasteiger partial charge in [-0.15, -0.1) is 0 Å². The molecule has 0 fully saturated rings. The van der Waals surface area contributed by atoms with Crippen LogP contribution in [-0.4, -0.2) is 49.1 Å². The lowest BCUT2D eigenvalue weighted by Crippen LogP contribution is -2.41. The van der Waals surface area contributed by atoms with Crippen LogP contribution in [0.1, 0.15) is 12.5 Å². The summed E-state index contributed by atoms with van der Waals surface area (Å²) in [5.74, 6) is 1.70. The molecule has 0 atom stereocenters. The maximum absolute atomic E-state index is 5.87. The molecule has 5 nitrogen and oxygen atoms in total. The normalized spacial score (nSPS) is 11.2. The Morgan fingerprint density at radius 3 is 2.76 bits per heavy atom. The maximum atomic E-state index is 5.87. The van der Waals surface area contributed by atoms with E-state index < -0.39 is 0 Å². The second-order valence-electron chi connectivity index (χ2n) is 5.57. The van der Waals surface area contributed by atoms with Crippen molar-refractivity contribution in [2.45, 2.75) is 13.3 Å². The summed E-state index contributed by atoms with van der Waals surface area (Å²) < 4.78 is 5.74. The first kappa shape index (κ1) is 19.1. The molecule has 0 unspecified atom stereocenters. The minimum atomic E-state index is 0.575. The van der Waals surface area contributed by atoms with Gasteiger partial charge in [-0.3, -0.25) is 9.98 Å². The van der Waals surface area contributed by atoms with Gasteiger partial charge in [0.1, 0.15) is 12.4 Å². The summed E-state index contributed by atoms with van der Waals surface area (Å²) in [6.07, 6.45) is 4.54. The predicted octanol–water partition coefficient (Wildman–Crippen LogP) is 3.25. The number of aromatic nitrogens is 1. The largest absolute Gasteiger partial charge is 0.492 e. The number of hydrogen-bond donors (Lipinski definition) is 1. The van der Waals surface area contributed by atoms with Gasteiger partial charge in [0.05, 0.1) is 6.54 Å². The van der Waals surface area contributed by atoms with Crippen molar-refractivity contribution in [3.63, 3.8) is 0 Å². The Morgan fingerprint density at radius 2 is 2.08 bits per heavy atom. The Morgan fingerprint density at radius 1 is 1.28 bits per heavy atom. The van der Waals surface area contributed by atoms with Crippen molar-refractivity contribution in [1.82, 2.24) is 15.2 Å². The molecule has 1 heterocycles. The van der Waals surface area contributed by atoms with Crippen molar-refractivity contribution in [3.8, 4) is 5.75 Å². The standard InChI is InChI=1S/C19H25ClN4O/c1-3-22-19(23-12-10-16-5-4-11-21-15-16)24(2)13-14-25-18-8-6-17(20)7-9-18/h4-9,11,15H,3,10,12-14H2,1-2H3,(H,22,23). The molecule has 0 spiro atoms. The highest BCUT2D eigenvalue weighted by atomic mass is 35.5. The minimum Gasteiger partial charge on any atom is -0.492 e. The van der Waals surface area contributed by atoms with Gasteiger partial charge in [-0.05, 0) is 49.2 Å². The molecule has 1 aromatic heterocycles. The van der Waals surface area contributed by atoms with Crippen molar-refractivity contribution in [2.24, 2.45) is 4.99 Å². The molecule has 0 aliphatic carbocycles. The van der Waals surface area contributed by atoms with E-state index in [-0.39, 0.29) is 0 Å². The molecule has 0 amide bonds. The average Bonchev–Trinajstić information content (AvgIpc) is 2.63. The number of nitrogens with one attached hydrogen (secondary N) is 1. The molecule has 2 aromatic rings. The van der Waals surface area contributed by atoms with Gasteiger partial charge < -0.3 is 15.0 Å². The fourth-order valence-corrected chi connectivity index (χ4v) is 2.37. The summed E-state index contributed by atoms with van der Waals surface area (Å²) in [6.45, 7) is 4.92. The Labute approximate surface area is 154 Å². The van der Waals surface area contributed by atoms with Gasteiger partial charge in [0.15, 0.2) is 5.96 Å². The molecule has 2 rings (SSSR count). The number of ether oxygens (including phenoxy) is 1. The average molecular weight is 361 g/mol. The highest BCUT2D eigenvalue weighted by Crippen LogP contribution is 2.15. The number of hydrogen-bond acceptors (Lipinski definition) is 3. The summed E-state index contributed by atoms with van der Waals surface area (Å²) in [5, 5.41) is 4.02. The van der Waals surface area contributed by atoms with Crippen LogP contribution in [0.5, 0.6) is 5.75 Å². The summed E-state index contributed by atoms with van der Waals surface area (Å²) in [5.41, 5.74) is 1.19. The highest BCUT2D eigenvalue weighted by Gasteiger charge is 2.05. The number of aliphatic imine (C=N–C) groups is 1. The Bertz CT molecular complexity index is 646. The zero-order chi connectivity index (χ0) is 17.9. The van der Waals surface area contributed by atoms with Crippen LogP contribution in [0.4, 0.5) is 0 Å². The first-order valence-corrected chi connectivity index (χ1v) is 8.83. The molecular weight excluding hydrogens is 336 g/mol. The van der Waals surface area contributed by atoms with Crippen LogP contribution in [0, 0.1) is 0 Å². The van der Waals surface area contributed by atoms with Gasteiger partial charge in [-0.1, -0.05) is 17.7 Å². The van der Waals surface area contributed by atoms with E-state index in [4.69, 9.17) is 16.3 Å². The molecule has 134 valence electrons. The zero-order valence-electron chi connectivity index (χ0n) is 14.8. The maximum Gasteiger partial charge on any atom is 0.193 e. The lowest BCUT2D eigenvalue weighted by atomic mass is 10.2. The summed E-state index contributed by atoms with van der Waals surface area (Å²) in [7, 11) is 2.01. The molecule has 25 heavy (non-hydrogen) atoms. The number of guanidine groups is 1. The van der Waals surface area contributed by atoms with Gasteiger partial charge in [-0.25, -0.2) is 0 Å². The number of likely N-dealkylation sites (N-methyl/N-ethyl adjacent to an activating group) is 1. The van der Waals surface area contributed by atoms with Crippen molar-refractivity contribution in [3.05, 3.63) is 59.4 Å². The Balaban J connectivity index is 1.80. The molecular formula is C19H25ClN4O. The van der Waals surface area contributed by atoms with Gasteiger partial charge in [0, 0.05) is 37.6 Å². The molecule has 0 saturated heterocycles. The number of benzene rings is 1. The lowest BCUT2D eigenvalue weighted by Gasteiger charge is -2.22. The third-order valence-corrected chi connectivity index (χ3v) is 3.84. The molecule has 1 aromatic carbocycles. The van der Waals surface area contributed by atoms with E-state index in [0.717, 1.165) is 37.8 Å². The van der Waals surface area contributed by atoms with Crippen LogP contribution in [-0.2, 0) is 6.42 Å². The van der Waals surface area contributed by atoms with Gasteiger partial charge >= 0.3 is 0 Å². The van der Waals surface area contributed by atoms with Crippen LogP contribution in [0.15, 0.2) is 53.8 Å². The van der Waals surface area contributed by atoms with E-state index in [2.05, 4.69) is 33.2 Å². The van der Waals surface area contributed by atoms with Crippen LogP contribution in [0.2, 0.25) is 5.02 Å².